The minimum absolute atomic E-state index is 0.0819. The van der Waals surface area contributed by atoms with Crippen molar-refractivity contribution in [3.63, 3.8) is 0 Å². The van der Waals surface area contributed by atoms with Gasteiger partial charge in [-0.25, -0.2) is 4.79 Å². The molecule has 1 aromatic rings. The first-order chi connectivity index (χ1) is 9.67. The van der Waals surface area contributed by atoms with E-state index in [0.29, 0.717) is 18.8 Å². The Labute approximate surface area is 118 Å². The Bertz CT molecular complexity index is 381. The molecule has 0 bridgehead atoms. The van der Waals surface area contributed by atoms with Crippen molar-refractivity contribution in [1.29, 1.82) is 0 Å². The van der Waals surface area contributed by atoms with Gasteiger partial charge in [0.2, 0.25) is 0 Å². The molecule has 0 spiro atoms. The van der Waals surface area contributed by atoms with Crippen molar-refractivity contribution >= 4 is 6.16 Å². The van der Waals surface area contributed by atoms with Gasteiger partial charge in [-0.1, -0.05) is 18.2 Å². The Kier molecular flexibility index (Phi) is 7.46. The van der Waals surface area contributed by atoms with Crippen molar-refractivity contribution < 1.29 is 28.8 Å². The minimum Gasteiger partial charge on any atom is -0.490 e. The molecule has 0 amide bonds. The van der Waals surface area contributed by atoms with Gasteiger partial charge in [0.1, 0.15) is 12.4 Å². The van der Waals surface area contributed by atoms with Crippen molar-refractivity contribution in [2.45, 2.75) is 18.6 Å². The second-order valence-corrected chi connectivity index (χ2v) is 4.10. The summed E-state index contributed by atoms with van der Waals surface area (Å²) < 4.78 is 20.6. The van der Waals surface area contributed by atoms with Gasteiger partial charge in [0.25, 0.3) is 0 Å². The van der Waals surface area contributed by atoms with Crippen LogP contribution < -0.4 is 4.74 Å². The smallest absolute Gasteiger partial charge is 0.490 e. The van der Waals surface area contributed by atoms with Crippen molar-refractivity contribution in [1.82, 2.24) is 0 Å². The summed E-state index contributed by atoms with van der Waals surface area (Å²) in [6.07, 6.45) is -1.97. The molecule has 0 aliphatic carbocycles. The molecule has 0 saturated heterocycles. The van der Waals surface area contributed by atoms with Crippen molar-refractivity contribution in [2.24, 2.45) is 0 Å². The van der Waals surface area contributed by atoms with E-state index in [4.69, 9.17) is 24.1 Å². The zero-order valence-electron chi connectivity index (χ0n) is 11.7. The maximum atomic E-state index is 10.8. The van der Waals surface area contributed by atoms with E-state index in [1.807, 2.05) is 18.2 Å². The summed E-state index contributed by atoms with van der Waals surface area (Å²) in [7, 11) is 3.07. The van der Waals surface area contributed by atoms with Gasteiger partial charge in [0, 0.05) is 27.2 Å². The number of rotatable bonds is 9. The lowest BCUT2D eigenvalue weighted by atomic mass is 10.1. The molecular weight excluding hydrogens is 264 g/mol. The first-order valence-corrected chi connectivity index (χ1v) is 6.26. The molecule has 0 saturated carbocycles. The summed E-state index contributed by atoms with van der Waals surface area (Å²) in [5, 5.41) is 8.79. The highest BCUT2D eigenvalue weighted by molar-refractivity contribution is 5.57. The Morgan fingerprint density at radius 1 is 1.20 bits per heavy atom. The molecule has 2 unspecified atom stereocenters. The second-order valence-electron chi connectivity index (χ2n) is 4.10. The predicted octanol–water partition coefficient (Wildman–Crippen LogP) is 2.18. The fraction of sp³-hybridized carbons (Fsp3) is 0.500. The highest BCUT2D eigenvalue weighted by Gasteiger charge is 2.26. The lowest BCUT2D eigenvalue weighted by Gasteiger charge is -2.24. The van der Waals surface area contributed by atoms with Crippen LogP contribution in [-0.4, -0.2) is 50.9 Å². The number of hydrogen-bond acceptors (Lipinski definition) is 5. The van der Waals surface area contributed by atoms with Crippen LogP contribution in [0.2, 0.25) is 0 Å². The van der Waals surface area contributed by atoms with Crippen LogP contribution in [0.3, 0.4) is 0 Å². The topological polar surface area (TPSA) is 74.2 Å². The summed E-state index contributed by atoms with van der Waals surface area (Å²) in [6, 6.07) is 9.11. The molecule has 20 heavy (non-hydrogen) atoms. The first kappa shape index (κ1) is 16.3. The molecule has 0 aromatic heterocycles. The average Bonchev–Trinajstić information content (AvgIpc) is 2.45. The van der Waals surface area contributed by atoms with Gasteiger partial charge in [0.05, 0.1) is 6.10 Å². The third-order valence-electron chi connectivity index (χ3n) is 2.73. The van der Waals surface area contributed by atoms with Gasteiger partial charge in [-0.2, -0.15) is 0 Å². The van der Waals surface area contributed by atoms with Crippen LogP contribution in [0.15, 0.2) is 30.3 Å². The summed E-state index contributed by atoms with van der Waals surface area (Å²) in [6.45, 7) is 0.530. The molecule has 0 aliphatic rings. The number of hydrogen-bond donors (Lipinski definition) is 1. The molecule has 6 heteroatoms. The van der Waals surface area contributed by atoms with Crippen LogP contribution in [0.25, 0.3) is 0 Å². The summed E-state index contributed by atoms with van der Waals surface area (Å²) >= 11 is 0. The molecule has 112 valence electrons. The quantitative estimate of drug-likeness (QED) is 0.701. The van der Waals surface area contributed by atoms with E-state index in [2.05, 4.69) is 0 Å². The van der Waals surface area contributed by atoms with E-state index < -0.39 is 18.4 Å². The molecule has 0 radical (unpaired) electrons. The van der Waals surface area contributed by atoms with Crippen LogP contribution >= 0.6 is 0 Å². The molecule has 0 aliphatic heterocycles. The van der Waals surface area contributed by atoms with E-state index in [1.165, 1.54) is 7.11 Å². The Hall–Kier alpha value is -1.79. The fourth-order valence-corrected chi connectivity index (χ4v) is 1.73. The van der Waals surface area contributed by atoms with Gasteiger partial charge < -0.3 is 24.1 Å². The van der Waals surface area contributed by atoms with Crippen LogP contribution in [0.5, 0.6) is 5.75 Å². The highest BCUT2D eigenvalue weighted by Crippen LogP contribution is 2.13. The molecule has 1 N–H and O–H groups in total. The molecular formula is C14H20O6. The highest BCUT2D eigenvalue weighted by atomic mass is 16.7. The SMILES string of the molecule is COCCC(OC)C(COc1ccccc1)OC(=O)O. The van der Waals surface area contributed by atoms with Gasteiger partial charge in [0.15, 0.2) is 6.10 Å². The number of benzene rings is 1. The number of ether oxygens (including phenoxy) is 4. The van der Waals surface area contributed by atoms with Crippen molar-refractivity contribution in [3.8, 4) is 5.75 Å². The standard InChI is InChI=1S/C14H20O6/c1-17-9-8-12(18-2)13(20-14(15)16)10-19-11-6-4-3-5-7-11/h3-7,12-13H,8-10H2,1-2H3,(H,15,16). The number of para-hydroxylation sites is 1. The Morgan fingerprint density at radius 3 is 2.45 bits per heavy atom. The third-order valence-corrected chi connectivity index (χ3v) is 2.73. The van der Waals surface area contributed by atoms with Gasteiger partial charge in [-0.15, -0.1) is 0 Å². The minimum atomic E-state index is -1.36. The van der Waals surface area contributed by atoms with Crippen molar-refractivity contribution in [3.05, 3.63) is 30.3 Å². The maximum Gasteiger partial charge on any atom is 0.506 e. The molecule has 1 aromatic carbocycles. The van der Waals surface area contributed by atoms with Crippen molar-refractivity contribution in [2.75, 3.05) is 27.4 Å². The van der Waals surface area contributed by atoms with E-state index in [1.54, 1.807) is 19.2 Å². The van der Waals surface area contributed by atoms with E-state index in [9.17, 15) is 4.79 Å². The van der Waals surface area contributed by atoms with Crippen LogP contribution in [0.1, 0.15) is 6.42 Å². The lowest BCUT2D eigenvalue weighted by Crippen LogP contribution is -2.38. The largest absolute Gasteiger partial charge is 0.506 e. The summed E-state index contributed by atoms with van der Waals surface area (Å²) in [5.41, 5.74) is 0. The molecule has 6 nitrogen and oxygen atoms in total. The third kappa shape index (κ3) is 5.90. The average molecular weight is 284 g/mol. The monoisotopic (exact) mass is 284 g/mol. The predicted molar refractivity (Wildman–Crippen MR) is 72.1 cm³/mol. The second kappa shape index (κ2) is 9.17. The molecule has 1 rings (SSSR count). The van der Waals surface area contributed by atoms with E-state index in [0.717, 1.165) is 0 Å². The van der Waals surface area contributed by atoms with E-state index in [-0.39, 0.29) is 6.61 Å². The number of carboxylic acid groups (broad SMARTS) is 1. The maximum absolute atomic E-state index is 10.8. The normalized spacial score (nSPS) is 13.5. The molecule has 2 atom stereocenters. The number of carbonyl (C=O) groups is 1. The van der Waals surface area contributed by atoms with Gasteiger partial charge >= 0.3 is 6.16 Å². The molecule has 0 heterocycles. The van der Waals surface area contributed by atoms with Gasteiger partial charge in [-0.3, -0.25) is 0 Å². The first-order valence-electron chi connectivity index (χ1n) is 6.26. The number of methoxy groups -OCH3 is 2. The zero-order valence-corrected chi connectivity index (χ0v) is 11.7. The van der Waals surface area contributed by atoms with Crippen LogP contribution in [0.4, 0.5) is 4.79 Å². The molecule has 0 fully saturated rings. The Morgan fingerprint density at radius 2 is 1.90 bits per heavy atom. The van der Waals surface area contributed by atoms with E-state index >= 15 is 0 Å². The fourth-order valence-electron chi connectivity index (χ4n) is 1.73. The van der Waals surface area contributed by atoms with Crippen LogP contribution in [-0.2, 0) is 14.2 Å². The zero-order chi connectivity index (χ0) is 14.8. The lowest BCUT2D eigenvalue weighted by molar-refractivity contribution is -0.0640. The van der Waals surface area contributed by atoms with Gasteiger partial charge in [-0.05, 0) is 12.1 Å². The Balaban J connectivity index is 2.60. The summed E-state index contributed by atoms with van der Waals surface area (Å²) in [4.78, 5) is 10.8. The summed E-state index contributed by atoms with van der Waals surface area (Å²) in [5.74, 6) is 0.646. The van der Waals surface area contributed by atoms with Crippen LogP contribution in [0, 0.1) is 0 Å².